The summed E-state index contributed by atoms with van der Waals surface area (Å²) in [5.74, 6) is 1.67. The Kier molecular flexibility index (Phi) is 5.29. The topological polar surface area (TPSA) is 79.8 Å². The Hall–Kier alpha value is -2.87. The lowest BCUT2D eigenvalue weighted by atomic mass is 10.2. The van der Waals surface area contributed by atoms with Gasteiger partial charge in [-0.25, -0.2) is 9.97 Å². The van der Waals surface area contributed by atoms with E-state index in [1.165, 1.54) is 0 Å². The number of hydrogen-bond acceptors (Lipinski definition) is 7. The van der Waals surface area contributed by atoms with E-state index in [4.69, 9.17) is 9.47 Å². The molecular formula is C20H25N5O3. The third-order valence-electron chi connectivity index (χ3n) is 4.98. The van der Waals surface area contributed by atoms with Crippen molar-refractivity contribution in [3.05, 3.63) is 35.7 Å². The summed E-state index contributed by atoms with van der Waals surface area (Å²) >= 11 is 0. The quantitative estimate of drug-likeness (QED) is 0.864. The second-order valence-electron chi connectivity index (χ2n) is 6.93. The zero-order chi connectivity index (χ0) is 19.5. The second-order valence-corrected chi connectivity index (χ2v) is 6.93. The van der Waals surface area contributed by atoms with E-state index < -0.39 is 0 Å². The van der Waals surface area contributed by atoms with Crippen LogP contribution in [0.5, 0.6) is 11.5 Å². The van der Waals surface area contributed by atoms with Crippen LogP contribution in [-0.2, 0) is 0 Å². The first-order chi connectivity index (χ1) is 13.6. The number of anilines is 2. The Morgan fingerprint density at radius 1 is 1.07 bits per heavy atom. The van der Waals surface area contributed by atoms with Crippen LogP contribution in [0.25, 0.3) is 0 Å². The molecule has 0 aliphatic carbocycles. The summed E-state index contributed by atoms with van der Waals surface area (Å²) in [4.78, 5) is 26.4. The Morgan fingerprint density at radius 3 is 2.57 bits per heavy atom. The number of aromatic nitrogens is 2. The fourth-order valence-electron chi connectivity index (χ4n) is 3.39. The molecule has 1 fully saturated rings. The molecule has 1 N–H and O–H groups in total. The lowest BCUT2D eigenvalue weighted by Crippen LogP contribution is -2.47. The van der Waals surface area contributed by atoms with Crippen LogP contribution in [0.15, 0.2) is 24.3 Å². The Balaban J connectivity index is 1.49. The molecule has 0 bridgehead atoms. The van der Waals surface area contributed by atoms with Crippen molar-refractivity contribution >= 4 is 17.5 Å². The molecule has 1 saturated heterocycles. The highest BCUT2D eigenvalue weighted by atomic mass is 16.6. The van der Waals surface area contributed by atoms with E-state index >= 15 is 0 Å². The number of aryl methyl sites for hydroxylation is 1. The zero-order valence-corrected chi connectivity index (χ0v) is 16.3. The van der Waals surface area contributed by atoms with Gasteiger partial charge in [0.1, 0.15) is 18.9 Å². The van der Waals surface area contributed by atoms with Crippen LogP contribution < -0.4 is 19.7 Å². The summed E-state index contributed by atoms with van der Waals surface area (Å²) in [6.45, 7) is 9.82. The van der Waals surface area contributed by atoms with Crippen molar-refractivity contribution in [2.45, 2.75) is 13.8 Å². The van der Waals surface area contributed by atoms with E-state index in [2.05, 4.69) is 32.0 Å². The van der Waals surface area contributed by atoms with Gasteiger partial charge >= 0.3 is 0 Å². The summed E-state index contributed by atoms with van der Waals surface area (Å²) in [7, 11) is 0. The Morgan fingerprint density at radius 2 is 1.82 bits per heavy atom. The fourth-order valence-corrected chi connectivity index (χ4v) is 3.39. The molecule has 3 heterocycles. The number of ether oxygens (including phenoxy) is 2. The summed E-state index contributed by atoms with van der Waals surface area (Å²) in [5.41, 5.74) is 1.77. The van der Waals surface area contributed by atoms with E-state index in [-0.39, 0.29) is 5.91 Å². The smallest absolute Gasteiger partial charge is 0.274 e. The number of hydrogen-bond donors (Lipinski definition) is 1. The molecule has 0 saturated carbocycles. The first kappa shape index (κ1) is 18.5. The molecule has 0 radical (unpaired) electrons. The summed E-state index contributed by atoms with van der Waals surface area (Å²) < 4.78 is 11.1. The van der Waals surface area contributed by atoms with Crippen molar-refractivity contribution in [1.82, 2.24) is 14.9 Å². The second kappa shape index (κ2) is 8.02. The van der Waals surface area contributed by atoms with Crippen LogP contribution in [0.4, 0.5) is 11.6 Å². The Labute approximate surface area is 164 Å². The minimum Gasteiger partial charge on any atom is -0.486 e. The molecule has 2 aromatic rings. The van der Waals surface area contributed by atoms with Crippen molar-refractivity contribution in [1.29, 1.82) is 0 Å². The molecule has 28 heavy (non-hydrogen) atoms. The number of carbonyl (C=O) groups is 1. The zero-order valence-electron chi connectivity index (χ0n) is 16.3. The number of nitrogens with zero attached hydrogens (tertiary/aromatic N) is 4. The third kappa shape index (κ3) is 4.01. The molecule has 0 atom stereocenters. The molecule has 8 nitrogen and oxygen atoms in total. The molecule has 4 rings (SSSR count). The van der Waals surface area contributed by atoms with E-state index in [1.54, 1.807) is 24.3 Å². The largest absolute Gasteiger partial charge is 0.486 e. The predicted octanol–water partition coefficient (Wildman–Crippen LogP) is 1.95. The highest BCUT2D eigenvalue weighted by molar-refractivity contribution is 6.03. The van der Waals surface area contributed by atoms with Crippen molar-refractivity contribution in [2.24, 2.45) is 0 Å². The van der Waals surface area contributed by atoms with Gasteiger partial charge in [-0.05, 0) is 31.7 Å². The highest BCUT2D eigenvalue weighted by Gasteiger charge is 2.20. The number of piperazine rings is 1. The number of nitrogens with one attached hydrogen (secondary N) is 1. The average molecular weight is 383 g/mol. The first-order valence-corrected chi connectivity index (χ1v) is 9.66. The highest BCUT2D eigenvalue weighted by Crippen LogP contribution is 2.32. The van der Waals surface area contributed by atoms with Crippen molar-refractivity contribution < 1.29 is 14.3 Å². The monoisotopic (exact) mass is 383 g/mol. The average Bonchev–Trinajstić information content (AvgIpc) is 2.73. The first-order valence-electron chi connectivity index (χ1n) is 9.66. The lowest BCUT2D eigenvalue weighted by Gasteiger charge is -2.34. The van der Waals surface area contributed by atoms with E-state index in [1.807, 2.05) is 6.92 Å². The van der Waals surface area contributed by atoms with E-state index in [0.29, 0.717) is 42.0 Å². The maximum absolute atomic E-state index is 12.8. The maximum Gasteiger partial charge on any atom is 0.274 e. The van der Waals surface area contributed by atoms with Crippen LogP contribution in [-0.4, -0.2) is 66.7 Å². The predicted molar refractivity (Wildman–Crippen MR) is 106 cm³/mol. The summed E-state index contributed by atoms with van der Waals surface area (Å²) in [6, 6.07) is 7.07. The van der Waals surface area contributed by atoms with Crippen LogP contribution in [0, 0.1) is 6.92 Å². The summed E-state index contributed by atoms with van der Waals surface area (Å²) in [5, 5.41) is 2.89. The normalized spacial score (nSPS) is 16.7. The SMILES string of the molecule is CCN1CCN(c2nc(C)cc(C(=O)Nc3ccc4c(c3)OCCO4)n2)CC1. The van der Waals surface area contributed by atoms with Crippen molar-refractivity contribution in [2.75, 3.05) is 56.2 Å². The van der Waals surface area contributed by atoms with Crippen molar-refractivity contribution in [3.8, 4) is 11.5 Å². The minimum atomic E-state index is -0.268. The number of fused-ring (bicyclic) bond motifs is 1. The molecule has 148 valence electrons. The number of carbonyl (C=O) groups excluding carboxylic acids is 1. The minimum absolute atomic E-state index is 0.268. The number of likely N-dealkylation sites (N-methyl/N-ethyl adjacent to an activating group) is 1. The molecule has 2 aliphatic rings. The van der Waals surface area contributed by atoms with Crippen molar-refractivity contribution in [3.63, 3.8) is 0 Å². The van der Waals surface area contributed by atoms with Gasteiger partial charge in [-0.2, -0.15) is 0 Å². The molecule has 1 amide bonds. The van der Waals surface area contributed by atoms with Gasteiger partial charge in [-0.1, -0.05) is 6.92 Å². The molecule has 0 unspecified atom stereocenters. The van der Waals surface area contributed by atoms with Gasteiger partial charge in [0, 0.05) is 43.6 Å². The van der Waals surface area contributed by atoms with Crippen LogP contribution in [0.3, 0.4) is 0 Å². The summed E-state index contributed by atoms with van der Waals surface area (Å²) in [6.07, 6.45) is 0. The van der Waals surface area contributed by atoms with Crippen LogP contribution in [0.2, 0.25) is 0 Å². The molecule has 1 aromatic heterocycles. The number of rotatable bonds is 4. The van der Waals surface area contributed by atoms with E-state index in [9.17, 15) is 4.79 Å². The van der Waals surface area contributed by atoms with Crippen LogP contribution in [0.1, 0.15) is 23.1 Å². The molecular weight excluding hydrogens is 358 g/mol. The van der Waals surface area contributed by atoms with Gasteiger partial charge in [0.2, 0.25) is 5.95 Å². The van der Waals surface area contributed by atoms with E-state index in [0.717, 1.165) is 38.4 Å². The fraction of sp³-hybridized carbons (Fsp3) is 0.450. The van der Waals surface area contributed by atoms with Gasteiger partial charge in [-0.15, -0.1) is 0 Å². The number of amides is 1. The van der Waals surface area contributed by atoms with Gasteiger partial charge in [-0.3, -0.25) is 4.79 Å². The molecule has 8 heteroatoms. The molecule has 1 aromatic carbocycles. The molecule has 0 spiro atoms. The van der Waals surface area contributed by atoms with Gasteiger partial charge in [0.05, 0.1) is 0 Å². The van der Waals surface area contributed by atoms with Gasteiger partial charge < -0.3 is 24.6 Å². The lowest BCUT2D eigenvalue weighted by molar-refractivity contribution is 0.102. The van der Waals surface area contributed by atoms with Crippen LogP contribution >= 0.6 is 0 Å². The van der Waals surface area contributed by atoms with Gasteiger partial charge in [0.25, 0.3) is 5.91 Å². The molecule has 2 aliphatic heterocycles. The maximum atomic E-state index is 12.8. The number of benzene rings is 1. The third-order valence-corrected chi connectivity index (χ3v) is 4.98. The Bertz CT molecular complexity index is 865. The standard InChI is InChI=1S/C20H25N5O3/c1-3-24-6-8-25(9-7-24)20-21-14(2)12-16(23-20)19(26)22-15-4-5-17-18(13-15)28-11-10-27-17/h4-5,12-13H,3,6-11H2,1-2H3,(H,22,26). The van der Waals surface area contributed by atoms with Gasteiger partial charge in [0.15, 0.2) is 11.5 Å².